The topological polar surface area (TPSA) is 118 Å². The molecule has 1 aliphatic heterocycles. The zero-order chi connectivity index (χ0) is 22.9. The highest BCUT2D eigenvalue weighted by Gasteiger charge is 2.35. The summed E-state index contributed by atoms with van der Waals surface area (Å²) in [5, 5.41) is 19.7. The molecule has 1 aromatic carbocycles. The van der Waals surface area contributed by atoms with E-state index in [4.69, 9.17) is 9.52 Å². The first-order chi connectivity index (χ1) is 15.2. The molecule has 1 amide bonds. The van der Waals surface area contributed by atoms with Crippen molar-refractivity contribution in [2.75, 3.05) is 26.2 Å². The van der Waals surface area contributed by atoms with Crippen LogP contribution in [0.2, 0.25) is 0 Å². The summed E-state index contributed by atoms with van der Waals surface area (Å²) in [6.07, 6.45) is -2.31. The zero-order valence-corrected chi connectivity index (χ0v) is 16.5. The lowest BCUT2D eigenvalue weighted by Gasteiger charge is -2.34. The number of rotatable bonds is 4. The third kappa shape index (κ3) is 4.46. The molecule has 2 aromatic heterocycles. The average Bonchev–Trinajstić information content (AvgIpc) is 3.45. The van der Waals surface area contributed by atoms with Crippen LogP contribution in [-0.2, 0) is 12.7 Å². The van der Waals surface area contributed by atoms with Gasteiger partial charge in [0.1, 0.15) is 0 Å². The molecule has 1 fully saturated rings. The van der Waals surface area contributed by atoms with Crippen LogP contribution >= 0.6 is 0 Å². The van der Waals surface area contributed by atoms with Crippen LogP contribution in [0.4, 0.5) is 18.0 Å². The number of hydrogen-bond acceptors (Lipinski definition) is 7. The minimum Gasteiger partial charge on any atom is -0.476 e. The van der Waals surface area contributed by atoms with Crippen LogP contribution in [-0.4, -0.2) is 73.1 Å². The second kappa shape index (κ2) is 8.42. The Morgan fingerprint density at radius 2 is 1.88 bits per heavy atom. The number of hydrogen-bond donors (Lipinski definition) is 1. The van der Waals surface area contributed by atoms with Crippen molar-refractivity contribution in [3.8, 4) is 11.5 Å². The molecule has 1 saturated heterocycles. The van der Waals surface area contributed by atoms with Crippen LogP contribution in [0.15, 0.2) is 41.3 Å². The lowest BCUT2D eigenvalue weighted by Crippen LogP contribution is -2.49. The molecule has 1 aliphatic rings. The first kappa shape index (κ1) is 21.5. The van der Waals surface area contributed by atoms with E-state index in [-0.39, 0.29) is 17.1 Å². The van der Waals surface area contributed by atoms with Crippen molar-refractivity contribution >= 4 is 12.0 Å². The van der Waals surface area contributed by atoms with E-state index in [0.717, 1.165) is 17.1 Å². The van der Waals surface area contributed by atoms with Crippen molar-refractivity contribution in [2.24, 2.45) is 0 Å². The fourth-order valence-corrected chi connectivity index (χ4v) is 3.45. The van der Waals surface area contributed by atoms with Crippen LogP contribution in [0, 0.1) is 0 Å². The van der Waals surface area contributed by atoms with Crippen LogP contribution < -0.4 is 0 Å². The molecule has 3 heterocycles. The number of aromatic nitrogens is 4. The van der Waals surface area contributed by atoms with Crippen molar-refractivity contribution < 1.29 is 32.3 Å². The van der Waals surface area contributed by atoms with Crippen LogP contribution in [0.3, 0.4) is 0 Å². The van der Waals surface area contributed by atoms with Crippen molar-refractivity contribution in [3.05, 3.63) is 53.7 Å². The number of piperazine rings is 1. The maximum Gasteiger partial charge on any atom is 0.417 e. The maximum atomic E-state index is 13.4. The summed E-state index contributed by atoms with van der Waals surface area (Å²) in [6, 6.07) is 4.57. The van der Waals surface area contributed by atoms with Gasteiger partial charge in [-0.3, -0.25) is 4.90 Å². The number of carbonyl (C=O) groups excluding carboxylic acids is 1. The van der Waals surface area contributed by atoms with Gasteiger partial charge in [-0.05, 0) is 23.8 Å². The van der Waals surface area contributed by atoms with E-state index < -0.39 is 23.7 Å². The second-order valence-corrected chi connectivity index (χ2v) is 7.12. The Hall–Kier alpha value is -3.74. The Morgan fingerprint density at radius 3 is 2.47 bits per heavy atom. The third-order valence-corrected chi connectivity index (χ3v) is 5.03. The molecule has 10 nitrogen and oxygen atoms in total. The van der Waals surface area contributed by atoms with Gasteiger partial charge in [-0.2, -0.15) is 23.0 Å². The molecule has 0 bridgehead atoms. The molecule has 0 spiro atoms. The second-order valence-electron chi connectivity index (χ2n) is 7.12. The number of halogens is 3. The Labute approximate surface area is 178 Å². The summed E-state index contributed by atoms with van der Waals surface area (Å²) < 4.78 is 46.0. The first-order valence-corrected chi connectivity index (χ1v) is 9.49. The number of carboxylic acids is 1. The van der Waals surface area contributed by atoms with Gasteiger partial charge >= 0.3 is 18.2 Å². The van der Waals surface area contributed by atoms with Crippen molar-refractivity contribution in [1.29, 1.82) is 0 Å². The Bertz CT molecular complexity index is 1120. The molecular formula is C19H17F3N6O4. The molecule has 0 radical (unpaired) electrons. The summed E-state index contributed by atoms with van der Waals surface area (Å²) in [4.78, 5) is 26.9. The van der Waals surface area contributed by atoms with E-state index in [2.05, 4.69) is 15.3 Å². The van der Waals surface area contributed by atoms with E-state index in [1.165, 1.54) is 29.3 Å². The van der Waals surface area contributed by atoms with Gasteiger partial charge in [0.25, 0.3) is 0 Å². The van der Waals surface area contributed by atoms with Crippen LogP contribution in [0.25, 0.3) is 11.5 Å². The lowest BCUT2D eigenvalue weighted by molar-refractivity contribution is -0.137. The van der Waals surface area contributed by atoms with Crippen LogP contribution in [0.1, 0.15) is 21.6 Å². The minimum atomic E-state index is -4.57. The smallest absolute Gasteiger partial charge is 0.417 e. The molecular weight excluding hydrogens is 433 g/mol. The molecule has 0 unspecified atom stereocenters. The Balaban J connectivity index is 1.42. The Kier molecular flexibility index (Phi) is 5.65. The molecule has 32 heavy (non-hydrogen) atoms. The summed E-state index contributed by atoms with van der Waals surface area (Å²) in [7, 11) is 0. The normalized spacial score (nSPS) is 15.2. The fraction of sp³-hybridized carbons (Fsp3) is 0.316. The standard InChI is InChI=1S/C19H17F3N6O4/c20-19(21,22)14-2-1-12(9-13(14)16-24-23-11-32-16)10-26-5-7-27(8-6-26)18(31)28-4-3-15(25-28)17(29)30/h1-4,9,11H,5-8,10H2,(H,29,30). The summed E-state index contributed by atoms with van der Waals surface area (Å²) in [6.45, 7) is 2.05. The monoisotopic (exact) mass is 450 g/mol. The lowest BCUT2D eigenvalue weighted by atomic mass is 10.0. The highest BCUT2D eigenvalue weighted by Crippen LogP contribution is 2.37. The van der Waals surface area contributed by atoms with E-state index in [0.29, 0.717) is 38.3 Å². The molecule has 168 valence electrons. The molecule has 1 N–H and O–H groups in total. The maximum absolute atomic E-state index is 13.4. The SMILES string of the molecule is O=C(O)c1ccn(C(=O)N2CCN(Cc3ccc(C(F)(F)F)c(-c4nnco4)c3)CC2)n1. The van der Waals surface area contributed by atoms with E-state index in [1.807, 2.05) is 4.90 Å². The number of nitrogens with zero attached hydrogens (tertiary/aromatic N) is 6. The third-order valence-electron chi connectivity index (χ3n) is 5.03. The number of carboxylic acid groups (broad SMARTS) is 1. The number of amides is 1. The quantitative estimate of drug-likeness (QED) is 0.644. The highest BCUT2D eigenvalue weighted by molar-refractivity contribution is 5.86. The van der Waals surface area contributed by atoms with Gasteiger partial charge in [-0.15, -0.1) is 10.2 Å². The van der Waals surface area contributed by atoms with Crippen molar-refractivity contribution in [3.63, 3.8) is 0 Å². The Morgan fingerprint density at radius 1 is 1.12 bits per heavy atom. The van der Waals surface area contributed by atoms with E-state index in [9.17, 15) is 22.8 Å². The first-order valence-electron chi connectivity index (χ1n) is 9.49. The summed E-state index contributed by atoms with van der Waals surface area (Å²) in [5.41, 5.74) is -0.643. The average molecular weight is 450 g/mol. The van der Waals surface area contributed by atoms with E-state index in [1.54, 1.807) is 0 Å². The predicted octanol–water partition coefficient (Wildman–Crippen LogP) is 2.44. The van der Waals surface area contributed by atoms with Crippen molar-refractivity contribution in [1.82, 2.24) is 29.8 Å². The van der Waals surface area contributed by atoms with Gasteiger partial charge in [-0.25, -0.2) is 9.59 Å². The minimum absolute atomic E-state index is 0.186. The van der Waals surface area contributed by atoms with Gasteiger partial charge in [0.2, 0.25) is 12.3 Å². The largest absolute Gasteiger partial charge is 0.476 e. The van der Waals surface area contributed by atoms with Crippen LogP contribution in [0.5, 0.6) is 0 Å². The number of carbonyl (C=O) groups is 2. The van der Waals surface area contributed by atoms with Crippen molar-refractivity contribution in [2.45, 2.75) is 12.7 Å². The molecule has 0 atom stereocenters. The van der Waals surface area contributed by atoms with Gasteiger partial charge in [0.15, 0.2) is 5.69 Å². The van der Waals surface area contributed by atoms with Gasteiger partial charge in [-0.1, -0.05) is 6.07 Å². The van der Waals surface area contributed by atoms with Gasteiger partial charge in [0.05, 0.1) is 11.1 Å². The number of aromatic carboxylic acids is 1. The van der Waals surface area contributed by atoms with E-state index >= 15 is 0 Å². The molecule has 0 aliphatic carbocycles. The number of benzene rings is 1. The predicted molar refractivity (Wildman–Crippen MR) is 102 cm³/mol. The highest BCUT2D eigenvalue weighted by atomic mass is 19.4. The summed E-state index contributed by atoms with van der Waals surface area (Å²) >= 11 is 0. The molecule has 13 heteroatoms. The summed E-state index contributed by atoms with van der Waals surface area (Å²) in [5.74, 6) is -1.44. The molecule has 3 aromatic rings. The molecule has 4 rings (SSSR count). The zero-order valence-electron chi connectivity index (χ0n) is 16.5. The molecule has 0 saturated carbocycles. The number of alkyl halides is 3. The van der Waals surface area contributed by atoms with Gasteiger partial charge < -0.3 is 14.4 Å². The fourth-order valence-electron chi connectivity index (χ4n) is 3.45. The van der Waals surface area contributed by atoms with Gasteiger partial charge in [0, 0.05) is 38.9 Å².